The molecule has 76 valence electrons. The number of carbonyl (C=O) groups is 1. The minimum Gasteiger partial charge on any atom is -0.465 e. The van der Waals surface area contributed by atoms with E-state index in [1.807, 2.05) is 6.92 Å². The third kappa shape index (κ3) is 2.12. The first-order chi connectivity index (χ1) is 6.10. The van der Waals surface area contributed by atoms with Crippen molar-refractivity contribution in [1.82, 2.24) is 10.2 Å². The summed E-state index contributed by atoms with van der Waals surface area (Å²) in [5.41, 5.74) is -0.209. The normalized spacial score (nSPS) is 28.9. The van der Waals surface area contributed by atoms with Gasteiger partial charge in [0.2, 0.25) is 0 Å². The number of rotatable bonds is 2. The number of nitrogens with zero attached hydrogens (tertiary/aromatic N) is 1. The molecule has 0 spiro atoms. The molecule has 1 saturated heterocycles. The highest BCUT2D eigenvalue weighted by molar-refractivity contribution is 5.66. The molecule has 0 bridgehead atoms. The summed E-state index contributed by atoms with van der Waals surface area (Å²) >= 11 is 0. The molecule has 13 heavy (non-hydrogen) atoms. The maximum atomic E-state index is 10.9. The quantitative estimate of drug-likeness (QED) is 0.679. The molecule has 1 amide bonds. The average Bonchev–Trinajstić information content (AvgIpc) is 2.04. The number of piperazine rings is 1. The summed E-state index contributed by atoms with van der Waals surface area (Å²) in [6.45, 7) is 6.24. The molecule has 0 radical (unpaired) electrons. The van der Waals surface area contributed by atoms with Gasteiger partial charge in [0.15, 0.2) is 0 Å². The molecule has 1 heterocycles. The van der Waals surface area contributed by atoms with Gasteiger partial charge in [0.1, 0.15) is 0 Å². The Morgan fingerprint density at radius 2 is 2.38 bits per heavy atom. The Morgan fingerprint density at radius 3 is 2.92 bits per heavy atom. The second-order valence-corrected chi connectivity index (χ2v) is 3.86. The summed E-state index contributed by atoms with van der Waals surface area (Å²) in [5.74, 6) is 0. The van der Waals surface area contributed by atoms with Gasteiger partial charge in [0.05, 0.1) is 5.54 Å². The largest absolute Gasteiger partial charge is 0.465 e. The Labute approximate surface area is 78.9 Å². The molecule has 2 N–H and O–H groups in total. The van der Waals surface area contributed by atoms with Gasteiger partial charge < -0.3 is 15.3 Å². The molecule has 0 aromatic heterocycles. The van der Waals surface area contributed by atoms with Crippen molar-refractivity contribution in [3.05, 3.63) is 0 Å². The highest BCUT2D eigenvalue weighted by Crippen LogP contribution is 2.22. The summed E-state index contributed by atoms with van der Waals surface area (Å²) in [5, 5.41) is 12.2. The fourth-order valence-corrected chi connectivity index (χ4v) is 2.00. The maximum absolute atomic E-state index is 10.9. The van der Waals surface area contributed by atoms with Crippen LogP contribution in [0, 0.1) is 0 Å². The SMILES string of the molecule is CCC[C@]1(C)CNCCN1C(=O)O. The van der Waals surface area contributed by atoms with E-state index in [-0.39, 0.29) is 5.54 Å². The summed E-state index contributed by atoms with van der Waals surface area (Å²) < 4.78 is 0. The van der Waals surface area contributed by atoms with Crippen molar-refractivity contribution in [1.29, 1.82) is 0 Å². The van der Waals surface area contributed by atoms with Crippen LogP contribution in [-0.4, -0.2) is 41.3 Å². The Morgan fingerprint density at radius 1 is 1.69 bits per heavy atom. The van der Waals surface area contributed by atoms with Crippen molar-refractivity contribution in [2.24, 2.45) is 0 Å². The minimum absolute atomic E-state index is 0.209. The van der Waals surface area contributed by atoms with Crippen LogP contribution >= 0.6 is 0 Å². The molecule has 1 aliphatic rings. The molecular weight excluding hydrogens is 168 g/mol. The molecule has 1 rings (SSSR count). The van der Waals surface area contributed by atoms with Gasteiger partial charge in [-0.2, -0.15) is 0 Å². The van der Waals surface area contributed by atoms with Gasteiger partial charge in [0, 0.05) is 19.6 Å². The predicted octanol–water partition coefficient (Wildman–Crippen LogP) is 1.13. The van der Waals surface area contributed by atoms with Crippen LogP contribution in [0.4, 0.5) is 4.79 Å². The van der Waals surface area contributed by atoms with Gasteiger partial charge in [-0.1, -0.05) is 13.3 Å². The molecule has 0 aromatic carbocycles. The first kappa shape index (κ1) is 10.3. The van der Waals surface area contributed by atoms with E-state index in [1.165, 1.54) is 0 Å². The minimum atomic E-state index is -0.794. The number of carboxylic acid groups (broad SMARTS) is 1. The first-order valence-electron chi connectivity index (χ1n) is 4.81. The fourth-order valence-electron chi connectivity index (χ4n) is 2.00. The van der Waals surface area contributed by atoms with E-state index < -0.39 is 6.09 Å². The molecular formula is C9H18N2O2. The van der Waals surface area contributed by atoms with E-state index in [4.69, 9.17) is 5.11 Å². The topological polar surface area (TPSA) is 52.6 Å². The van der Waals surface area contributed by atoms with Crippen LogP contribution in [0.15, 0.2) is 0 Å². The third-order valence-electron chi connectivity index (χ3n) is 2.69. The molecule has 0 unspecified atom stereocenters. The lowest BCUT2D eigenvalue weighted by Crippen LogP contribution is -2.61. The van der Waals surface area contributed by atoms with Crippen molar-refractivity contribution in [3.8, 4) is 0 Å². The Balaban J connectivity index is 2.70. The number of nitrogens with one attached hydrogen (secondary N) is 1. The van der Waals surface area contributed by atoms with Crippen molar-refractivity contribution in [2.45, 2.75) is 32.2 Å². The van der Waals surface area contributed by atoms with Crippen molar-refractivity contribution >= 4 is 6.09 Å². The zero-order valence-corrected chi connectivity index (χ0v) is 8.34. The summed E-state index contributed by atoms with van der Waals surface area (Å²) in [7, 11) is 0. The van der Waals surface area contributed by atoms with E-state index in [2.05, 4.69) is 12.2 Å². The standard InChI is InChI=1S/C9H18N2O2/c1-3-4-9(2)7-10-5-6-11(9)8(12)13/h10H,3-7H2,1-2H3,(H,12,13)/t9-/m1/s1. The highest BCUT2D eigenvalue weighted by Gasteiger charge is 2.36. The third-order valence-corrected chi connectivity index (χ3v) is 2.69. The van der Waals surface area contributed by atoms with Gasteiger partial charge in [-0.05, 0) is 13.3 Å². The zero-order valence-electron chi connectivity index (χ0n) is 8.34. The van der Waals surface area contributed by atoms with Gasteiger partial charge >= 0.3 is 6.09 Å². The average molecular weight is 186 g/mol. The van der Waals surface area contributed by atoms with Crippen molar-refractivity contribution < 1.29 is 9.90 Å². The second kappa shape index (κ2) is 3.96. The first-order valence-corrected chi connectivity index (χ1v) is 4.81. The zero-order chi connectivity index (χ0) is 9.90. The lowest BCUT2D eigenvalue weighted by Gasteiger charge is -2.43. The van der Waals surface area contributed by atoms with Crippen LogP contribution in [-0.2, 0) is 0 Å². The number of amides is 1. The monoisotopic (exact) mass is 186 g/mol. The van der Waals surface area contributed by atoms with E-state index in [0.29, 0.717) is 6.54 Å². The van der Waals surface area contributed by atoms with Crippen molar-refractivity contribution in [3.63, 3.8) is 0 Å². The van der Waals surface area contributed by atoms with E-state index in [9.17, 15) is 4.79 Å². The summed E-state index contributed by atoms with van der Waals surface area (Å²) in [6.07, 6.45) is 1.14. The van der Waals surface area contributed by atoms with E-state index in [0.717, 1.165) is 25.9 Å². The lowest BCUT2D eigenvalue weighted by molar-refractivity contribution is 0.0613. The van der Waals surface area contributed by atoms with E-state index in [1.54, 1.807) is 4.90 Å². The van der Waals surface area contributed by atoms with Crippen LogP contribution in [0.2, 0.25) is 0 Å². The van der Waals surface area contributed by atoms with Crippen LogP contribution in [0.25, 0.3) is 0 Å². The smallest absolute Gasteiger partial charge is 0.407 e. The van der Waals surface area contributed by atoms with Gasteiger partial charge in [-0.15, -0.1) is 0 Å². The highest BCUT2D eigenvalue weighted by atomic mass is 16.4. The summed E-state index contributed by atoms with van der Waals surface area (Å²) in [4.78, 5) is 12.5. The van der Waals surface area contributed by atoms with Crippen molar-refractivity contribution in [2.75, 3.05) is 19.6 Å². The second-order valence-electron chi connectivity index (χ2n) is 3.86. The lowest BCUT2D eigenvalue weighted by atomic mass is 9.92. The van der Waals surface area contributed by atoms with E-state index >= 15 is 0 Å². The van der Waals surface area contributed by atoms with Crippen LogP contribution < -0.4 is 5.32 Å². The fraction of sp³-hybridized carbons (Fsp3) is 0.889. The molecule has 4 heteroatoms. The van der Waals surface area contributed by atoms with Gasteiger partial charge in [-0.25, -0.2) is 4.79 Å². The van der Waals surface area contributed by atoms with Crippen LogP contribution in [0.1, 0.15) is 26.7 Å². The molecule has 0 aliphatic carbocycles. The molecule has 4 nitrogen and oxygen atoms in total. The predicted molar refractivity (Wildman–Crippen MR) is 50.9 cm³/mol. The van der Waals surface area contributed by atoms with Gasteiger partial charge in [-0.3, -0.25) is 0 Å². The van der Waals surface area contributed by atoms with Crippen LogP contribution in [0.5, 0.6) is 0 Å². The maximum Gasteiger partial charge on any atom is 0.407 e. The molecule has 1 aliphatic heterocycles. The number of hydrogen-bond donors (Lipinski definition) is 2. The Bertz CT molecular complexity index is 192. The van der Waals surface area contributed by atoms with Crippen LogP contribution in [0.3, 0.4) is 0 Å². The van der Waals surface area contributed by atoms with Gasteiger partial charge in [0.25, 0.3) is 0 Å². The molecule has 1 atom stereocenters. The molecule has 0 aromatic rings. The number of hydrogen-bond acceptors (Lipinski definition) is 2. The Kier molecular flexibility index (Phi) is 3.14. The molecule has 1 fully saturated rings. The molecule has 0 saturated carbocycles. The Hall–Kier alpha value is -0.770. The summed E-state index contributed by atoms with van der Waals surface area (Å²) in [6, 6.07) is 0.